The fourth-order valence-electron chi connectivity index (χ4n) is 1.52. The summed E-state index contributed by atoms with van der Waals surface area (Å²) in [6.45, 7) is 5.90. The molecule has 0 bridgehead atoms. The van der Waals surface area contributed by atoms with Crippen molar-refractivity contribution < 1.29 is 9.84 Å². The fraction of sp³-hybridized carbons (Fsp3) is 0.538. The van der Waals surface area contributed by atoms with Crippen LogP contribution in [0.2, 0.25) is 0 Å². The summed E-state index contributed by atoms with van der Waals surface area (Å²) in [7, 11) is 0. The van der Waals surface area contributed by atoms with Gasteiger partial charge in [0.05, 0.1) is 21.7 Å². The van der Waals surface area contributed by atoms with E-state index in [0.717, 1.165) is 33.2 Å². The molecular weight excluding hydrogens is 362 g/mol. The van der Waals surface area contributed by atoms with E-state index in [9.17, 15) is 5.11 Å². The Bertz CT molecular complexity index is 362. The Hall–Kier alpha value is -0.100. The van der Waals surface area contributed by atoms with Crippen LogP contribution in [0.15, 0.2) is 21.1 Å². The molecule has 0 aliphatic heterocycles. The van der Waals surface area contributed by atoms with Gasteiger partial charge in [0.25, 0.3) is 0 Å². The number of aliphatic hydroxyl groups is 1. The van der Waals surface area contributed by atoms with E-state index in [4.69, 9.17) is 4.74 Å². The lowest BCUT2D eigenvalue weighted by Gasteiger charge is -2.12. The molecule has 0 aromatic heterocycles. The standard InChI is InChI=1S/C13H19Br2NO2/c1-3-10(17)8-16-7-9-5-11(14)13(18-4-2)12(15)6-9/h5-6,10,16-17H,3-4,7-8H2,1-2H3. The molecule has 0 aliphatic carbocycles. The number of hydrogen-bond donors (Lipinski definition) is 2. The third-order valence-electron chi connectivity index (χ3n) is 2.53. The molecule has 0 radical (unpaired) electrons. The minimum Gasteiger partial charge on any atom is -0.492 e. The lowest BCUT2D eigenvalue weighted by Crippen LogP contribution is -2.25. The van der Waals surface area contributed by atoms with E-state index < -0.39 is 0 Å². The summed E-state index contributed by atoms with van der Waals surface area (Å²) in [6, 6.07) is 4.06. The summed E-state index contributed by atoms with van der Waals surface area (Å²) in [5.41, 5.74) is 1.14. The van der Waals surface area contributed by atoms with E-state index in [1.54, 1.807) is 0 Å². The molecule has 0 saturated carbocycles. The van der Waals surface area contributed by atoms with Gasteiger partial charge in [-0.1, -0.05) is 6.92 Å². The number of benzene rings is 1. The Balaban J connectivity index is 2.63. The first-order valence-corrected chi connectivity index (χ1v) is 7.66. The maximum atomic E-state index is 9.46. The highest BCUT2D eigenvalue weighted by Crippen LogP contribution is 2.34. The number of rotatable bonds is 7. The SMILES string of the molecule is CCOc1c(Br)cc(CNCC(O)CC)cc1Br. The van der Waals surface area contributed by atoms with E-state index in [1.807, 2.05) is 26.0 Å². The molecule has 3 nitrogen and oxygen atoms in total. The average Bonchev–Trinajstić information content (AvgIpc) is 2.33. The van der Waals surface area contributed by atoms with Gasteiger partial charge in [0.15, 0.2) is 0 Å². The fourth-order valence-corrected chi connectivity index (χ4v) is 3.03. The molecule has 1 atom stereocenters. The van der Waals surface area contributed by atoms with Crippen LogP contribution in [0, 0.1) is 0 Å². The van der Waals surface area contributed by atoms with E-state index in [2.05, 4.69) is 37.2 Å². The van der Waals surface area contributed by atoms with Crippen LogP contribution in [0.25, 0.3) is 0 Å². The number of halogens is 2. The Morgan fingerprint density at radius 3 is 2.39 bits per heavy atom. The monoisotopic (exact) mass is 379 g/mol. The predicted octanol–water partition coefficient (Wildman–Crippen LogP) is 3.47. The Morgan fingerprint density at radius 1 is 1.28 bits per heavy atom. The smallest absolute Gasteiger partial charge is 0.147 e. The van der Waals surface area contributed by atoms with E-state index >= 15 is 0 Å². The summed E-state index contributed by atoms with van der Waals surface area (Å²) >= 11 is 7.00. The quantitative estimate of drug-likeness (QED) is 0.760. The summed E-state index contributed by atoms with van der Waals surface area (Å²) in [6.07, 6.45) is 0.489. The minimum atomic E-state index is -0.278. The van der Waals surface area contributed by atoms with Crippen molar-refractivity contribution in [1.82, 2.24) is 5.32 Å². The van der Waals surface area contributed by atoms with Crippen molar-refractivity contribution >= 4 is 31.9 Å². The second kappa shape index (κ2) is 8.15. The summed E-state index contributed by atoms with van der Waals surface area (Å²) in [5.74, 6) is 0.829. The Labute approximate surface area is 125 Å². The van der Waals surface area contributed by atoms with Crippen molar-refractivity contribution in [1.29, 1.82) is 0 Å². The van der Waals surface area contributed by atoms with Gasteiger partial charge in [-0.3, -0.25) is 0 Å². The van der Waals surface area contributed by atoms with Crippen LogP contribution in [-0.4, -0.2) is 24.4 Å². The first-order chi connectivity index (χ1) is 8.58. The molecule has 0 saturated heterocycles. The first-order valence-electron chi connectivity index (χ1n) is 6.08. The molecule has 1 unspecified atom stereocenters. The maximum absolute atomic E-state index is 9.46. The van der Waals surface area contributed by atoms with Gasteiger partial charge >= 0.3 is 0 Å². The van der Waals surface area contributed by atoms with E-state index in [-0.39, 0.29) is 6.10 Å². The lowest BCUT2D eigenvalue weighted by molar-refractivity contribution is 0.167. The van der Waals surface area contributed by atoms with Crippen LogP contribution in [0.4, 0.5) is 0 Å². The van der Waals surface area contributed by atoms with Gasteiger partial charge in [-0.05, 0) is 62.9 Å². The average molecular weight is 381 g/mol. The zero-order chi connectivity index (χ0) is 13.5. The van der Waals surface area contributed by atoms with Gasteiger partial charge in [0.2, 0.25) is 0 Å². The summed E-state index contributed by atoms with van der Waals surface area (Å²) in [5, 5.41) is 12.7. The molecule has 1 aromatic carbocycles. The van der Waals surface area contributed by atoms with Crippen LogP contribution < -0.4 is 10.1 Å². The van der Waals surface area contributed by atoms with Gasteiger partial charge in [-0.25, -0.2) is 0 Å². The summed E-state index contributed by atoms with van der Waals surface area (Å²) in [4.78, 5) is 0. The topological polar surface area (TPSA) is 41.5 Å². The van der Waals surface area contributed by atoms with Crippen molar-refractivity contribution in [3.63, 3.8) is 0 Å². The number of hydrogen-bond acceptors (Lipinski definition) is 3. The Kier molecular flexibility index (Phi) is 7.22. The van der Waals surface area contributed by atoms with Crippen molar-refractivity contribution in [3.05, 3.63) is 26.6 Å². The van der Waals surface area contributed by atoms with Crippen molar-refractivity contribution in [3.8, 4) is 5.75 Å². The zero-order valence-electron chi connectivity index (χ0n) is 10.7. The highest BCUT2D eigenvalue weighted by atomic mass is 79.9. The number of ether oxygens (including phenoxy) is 1. The normalized spacial score (nSPS) is 12.5. The molecule has 102 valence electrons. The van der Waals surface area contributed by atoms with Crippen molar-refractivity contribution in [2.24, 2.45) is 0 Å². The van der Waals surface area contributed by atoms with Crippen molar-refractivity contribution in [2.75, 3.05) is 13.2 Å². The molecule has 18 heavy (non-hydrogen) atoms. The molecule has 1 aromatic rings. The second-order valence-corrected chi connectivity index (χ2v) is 5.72. The van der Waals surface area contributed by atoms with Gasteiger partial charge in [0, 0.05) is 13.1 Å². The third-order valence-corrected chi connectivity index (χ3v) is 3.71. The maximum Gasteiger partial charge on any atom is 0.147 e. The van der Waals surface area contributed by atoms with Crippen molar-refractivity contribution in [2.45, 2.75) is 32.9 Å². The van der Waals surface area contributed by atoms with Gasteiger partial charge in [-0.15, -0.1) is 0 Å². The van der Waals surface area contributed by atoms with Crippen LogP contribution in [-0.2, 0) is 6.54 Å². The highest BCUT2D eigenvalue weighted by molar-refractivity contribution is 9.11. The molecule has 5 heteroatoms. The minimum absolute atomic E-state index is 0.278. The first kappa shape index (κ1) is 16.0. The highest BCUT2D eigenvalue weighted by Gasteiger charge is 2.08. The van der Waals surface area contributed by atoms with Crippen LogP contribution in [0.5, 0.6) is 5.75 Å². The third kappa shape index (κ3) is 4.88. The van der Waals surface area contributed by atoms with Crippen LogP contribution in [0.3, 0.4) is 0 Å². The largest absolute Gasteiger partial charge is 0.492 e. The molecule has 0 heterocycles. The molecule has 1 rings (SSSR count). The van der Waals surface area contributed by atoms with Gasteiger partial charge in [-0.2, -0.15) is 0 Å². The van der Waals surface area contributed by atoms with Crippen LogP contribution in [0.1, 0.15) is 25.8 Å². The molecule has 2 N–H and O–H groups in total. The zero-order valence-corrected chi connectivity index (χ0v) is 13.8. The number of nitrogens with one attached hydrogen (secondary N) is 1. The molecular formula is C13H19Br2NO2. The van der Waals surface area contributed by atoms with E-state index in [1.165, 1.54) is 0 Å². The van der Waals surface area contributed by atoms with Gasteiger partial charge < -0.3 is 15.2 Å². The Morgan fingerprint density at radius 2 is 1.89 bits per heavy atom. The number of aliphatic hydroxyl groups excluding tert-OH is 1. The lowest BCUT2D eigenvalue weighted by atomic mass is 10.2. The van der Waals surface area contributed by atoms with Gasteiger partial charge in [0.1, 0.15) is 5.75 Å². The molecule has 0 aliphatic rings. The molecule has 0 spiro atoms. The second-order valence-electron chi connectivity index (χ2n) is 4.01. The van der Waals surface area contributed by atoms with Crippen LogP contribution >= 0.6 is 31.9 Å². The van der Waals surface area contributed by atoms with E-state index in [0.29, 0.717) is 13.2 Å². The molecule has 0 fully saturated rings. The summed E-state index contributed by atoms with van der Waals surface area (Å²) < 4.78 is 7.40. The predicted molar refractivity (Wildman–Crippen MR) is 81.0 cm³/mol. The molecule has 0 amide bonds.